The summed E-state index contributed by atoms with van der Waals surface area (Å²) in [6.07, 6.45) is 1.75. The molecule has 18 heavy (non-hydrogen) atoms. The highest BCUT2D eigenvalue weighted by atomic mass is 16.4. The second kappa shape index (κ2) is 5.08. The Kier molecular flexibility index (Phi) is 3.50. The number of carbonyl (C=O) groups excluding carboxylic acids is 1. The molecule has 5 nitrogen and oxygen atoms in total. The molecule has 1 aromatic carbocycles. The molecular formula is C13H16N2O3. The average molecular weight is 248 g/mol. The van der Waals surface area contributed by atoms with Gasteiger partial charge in [0.05, 0.1) is 5.56 Å². The summed E-state index contributed by atoms with van der Waals surface area (Å²) in [7, 11) is 0. The molecule has 1 unspecified atom stereocenters. The van der Waals surface area contributed by atoms with Crippen molar-refractivity contribution in [2.24, 2.45) is 0 Å². The SMILES string of the molecule is Cc1cc(NC2CCCNC2=O)ccc1C(=O)O. The molecule has 0 spiro atoms. The minimum Gasteiger partial charge on any atom is -0.478 e. The normalized spacial score (nSPS) is 19.2. The van der Waals surface area contributed by atoms with Crippen molar-refractivity contribution in [2.75, 3.05) is 11.9 Å². The second-order valence-electron chi connectivity index (χ2n) is 4.47. The van der Waals surface area contributed by atoms with Crippen LogP contribution in [0, 0.1) is 6.92 Å². The zero-order valence-corrected chi connectivity index (χ0v) is 10.2. The lowest BCUT2D eigenvalue weighted by Gasteiger charge is -2.24. The smallest absolute Gasteiger partial charge is 0.335 e. The van der Waals surface area contributed by atoms with E-state index in [2.05, 4.69) is 10.6 Å². The summed E-state index contributed by atoms with van der Waals surface area (Å²) in [5.74, 6) is -0.935. The summed E-state index contributed by atoms with van der Waals surface area (Å²) >= 11 is 0. The Morgan fingerprint density at radius 3 is 2.89 bits per heavy atom. The van der Waals surface area contributed by atoms with Crippen molar-refractivity contribution in [2.45, 2.75) is 25.8 Å². The minimum absolute atomic E-state index is 0.00112. The molecule has 1 aromatic rings. The number of hydrogen-bond donors (Lipinski definition) is 3. The monoisotopic (exact) mass is 248 g/mol. The first-order valence-corrected chi connectivity index (χ1v) is 5.96. The third-order valence-corrected chi connectivity index (χ3v) is 3.08. The summed E-state index contributed by atoms with van der Waals surface area (Å²) in [5, 5.41) is 14.9. The highest BCUT2D eigenvalue weighted by Crippen LogP contribution is 2.18. The van der Waals surface area contributed by atoms with Crippen molar-refractivity contribution in [3.63, 3.8) is 0 Å². The molecule has 0 saturated carbocycles. The summed E-state index contributed by atoms with van der Waals surface area (Å²) < 4.78 is 0. The van der Waals surface area contributed by atoms with E-state index < -0.39 is 5.97 Å². The van der Waals surface area contributed by atoms with E-state index in [1.165, 1.54) is 0 Å². The van der Waals surface area contributed by atoms with Crippen LogP contribution in [0.25, 0.3) is 0 Å². The first-order valence-electron chi connectivity index (χ1n) is 5.96. The number of carboxylic acid groups (broad SMARTS) is 1. The number of nitrogens with one attached hydrogen (secondary N) is 2. The van der Waals surface area contributed by atoms with Crippen LogP contribution in [0.3, 0.4) is 0 Å². The van der Waals surface area contributed by atoms with Crippen molar-refractivity contribution in [1.29, 1.82) is 0 Å². The van der Waals surface area contributed by atoms with Gasteiger partial charge in [0.1, 0.15) is 6.04 Å². The average Bonchev–Trinajstić information content (AvgIpc) is 2.32. The van der Waals surface area contributed by atoms with E-state index in [-0.39, 0.29) is 17.5 Å². The Labute approximate surface area is 105 Å². The fraction of sp³-hybridized carbons (Fsp3) is 0.385. The van der Waals surface area contributed by atoms with E-state index in [0.29, 0.717) is 5.56 Å². The van der Waals surface area contributed by atoms with Crippen LogP contribution in [0.4, 0.5) is 5.69 Å². The van der Waals surface area contributed by atoms with Gasteiger partial charge in [-0.1, -0.05) is 0 Å². The molecule has 1 saturated heterocycles. The van der Waals surface area contributed by atoms with Gasteiger partial charge in [-0.25, -0.2) is 4.79 Å². The first kappa shape index (κ1) is 12.4. The van der Waals surface area contributed by atoms with Crippen LogP contribution in [0.5, 0.6) is 0 Å². The molecule has 0 bridgehead atoms. The number of anilines is 1. The molecule has 5 heteroatoms. The van der Waals surface area contributed by atoms with E-state index in [1.54, 1.807) is 25.1 Å². The van der Waals surface area contributed by atoms with Gasteiger partial charge in [0.15, 0.2) is 0 Å². The molecular weight excluding hydrogens is 232 g/mol. The fourth-order valence-corrected chi connectivity index (χ4v) is 2.10. The molecule has 1 amide bonds. The molecule has 1 atom stereocenters. The van der Waals surface area contributed by atoms with Gasteiger partial charge in [0.25, 0.3) is 0 Å². The van der Waals surface area contributed by atoms with Gasteiger partial charge in [-0.05, 0) is 43.5 Å². The number of amides is 1. The third kappa shape index (κ3) is 2.61. The highest BCUT2D eigenvalue weighted by Gasteiger charge is 2.21. The summed E-state index contributed by atoms with van der Waals surface area (Å²) in [5.41, 5.74) is 1.75. The van der Waals surface area contributed by atoms with Gasteiger partial charge in [0.2, 0.25) is 5.91 Å². The fourth-order valence-electron chi connectivity index (χ4n) is 2.10. The van der Waals surface area contributed by atoms with Crippen molar-refractivity contribution in [3.05, 3.63) is 29.3 Å². The highest BCUT2D eigenvalue weighted by molar-refractivity contribution is 5.90. The maximum absolute atomic E-state index is 11.6. The number of carboxylic acids is 1. The second-order valence-corrected chi connectivity index (χ2v) is 4.47. The Morgan fingerprint density at radius 1 is 1.50 bits per heavy atom. The van der Waals surface area contributed by atoms with Crippen LogP contribution >= 0.6 is 0 Å². The lowest BCUT2D eigenvalue weighted by molar-refractivity contribution is -0.123. The van der Waals surface area contributed by atoms with Gasteiger partial charge < -0.3 is 15.7 Å². The Hall–Kier alpha value is -2.04. The van der Waals surface area contributed by atoms with Crippen molar-refractivity contribution < 1.29 is 14.7 Å². The number of piperidine rings is 1. The van der Waals surface area contributed by atoms with Crippen LogP contribution in [-0.2, 0) is 4.79 Å². The van der Waals surface area contributed by atoms with Crippen LogP contribution in [0.15, 0.2) is 18.2 Å². The van der Waals surface area contributed by atoms with Gasteiger partial charge in [-0.2, -0.15) is 0 Å². The van der Waals surface area contributed by atoms with Gasteiger partial charge >= 0.3 is 5.97 Å². The Balaban J connectivity index is 2.12. The number of aromatic carboxylic acids is 1. The van der Waals surface area contributed by atoms with Crippen LogP contribution < -0.4 is 10.6 Å². The number of aryl methyl sites for hydroxylation is 1. The molecule has 1 heterocycles. The van der Waals surface area contributed by atoms with E-state index >= 15 is 0 Å². The third-order valence-electron chi connectivity index (χ3n) is 3.08. The zero-order chi connectivity index (χ0) is 13.1. The number of carbonyl (C=O) groups is 2. The summed E-state index contributed by atoms with van der Waals surface area (Å²) in [6, 6.07) is 4.78. The predicted molar refractivity (Wildman–Crippen MR) is 67.8 cm³/mol. The molecule has 1 fully saturated rings. The van der Waals surface area contributed by atoms with Crippen LogP contribution in [0.1, 0.15) is 28.8 Å². The Bertz CT molecular complexity index is 485. The number of benzene rings is 1. The lowest BCUT2D eigenvalue weighted by Crippen LogP contribution is -2.44. The maximum atomic E-state index is 11.6. The molecule has 0 aliphatic carbocycles. The molecule has 3 N–H and O–H groups in total. The van der Waals surface area contributed by atoms with E-state index in [4.69, 9.17) is 5.11 Å². The summed E-state index contributed by atoms with van der Waals surface area (Å²) in [6.45, 7) is 2.48. The Morgan fingerprint density at radius 2 is 2.28 bits per heavy atom. The first-order chi connectivity index (χ1) is 8.58. The minimum atomic E-state index is -0.936. The maximum Gasteiger partial charge on any atom is 0.335 e. The quantitative estimate of drug-likeness (QED) is 0.755. The van der Waals surface area contributed by atoms with Crippen LogP contribution in [0.2, 0.25) is 0 Å². The predicted octanol–water partition coefficient (Wildman–Crippen LogP) is 1.38. The zero-order valence-electron chi connectivity index (χ0n) is 10.2. The molecule has 0 radical (unpaired) electrons. The largest absolute Gasteiger partial charge is 0.478 e. The molecule has 96 valence electrons. The van der Waals surface area contributed by atoms with Crippen molar-refractivity contribution >= 4 is 17.6 Å². The number of rotatable bonds is 3. The van der Waals surface area contributed by atoms with Crippen molar-refractivity contribution in [1.82, 2.24) is 5.32 Å². The molecule has 0 aromatic heterocycles. The van der Waals surface area contributed by atoms with E-state index in [9.17, 15) is 9.59 Å². The molecule has 1 aliphatic rings. The lowest BCUT2D eigenvalue weighted by atomic mass is 10.0. The number of hydrogen-bond acceptors (Lipinski definition) is 3. The van der Waals surface area contributed by atoms with Gasteiger partial charge in [-0.3, -0.25) is 4.79 Å². The van der Waals surface area contributed by atoms with Gasteiger partial charge in [-0.15, -0.1) is 0 Å². The standard InChI is InChI=1S/C13H16N2O3/c1-8-7-9(4-5-10(8)13(17)18)15-11-3-2-6-14-12(11)16/h4-5,7,11,15H,2-3,6H2,1H3,(H,14,16)(H,17,18). The van der Waals surface area contributed by atoms with E-state index in [1.807, 2.05) is 0 Å². The molecule has 2 rings (SSSR count). The van der Waals surface area contributed by atoms with Crippen LogP contribution in [-0.4, -0.2) is 29.6 Å². The summed E-state index contributed by atoms with van der Waals surface area (Å²) in [4.78, 5) is 22.5. The topological polar surface area (TPSA) is 78.4 Å². The van der Waals surface area contributed by atoms with Gasteiger partial charge in [0, 0.05) is 12.2 Å². The van der Waals surface area contributed by atoms with E-state index in [0.717, 1.165) is 25.1 Å². The molecule has 1 aliphatic heterocycles. The van der Waals surface area contributed by atoms with Crippen molar-refractivity contribution in [3.8, 4) is 0 Å².